The molecule has 5 heteroatoms. The van der Waals surface area contributed by atoms with Gasteiger partial charge < -0.3 is 10.1 Å². The predicted octanol–water partition coefficient (Wildman–Crippen LogP) is 3.85. The van der Waals surface area contributed by atoms with Gasteiger partial charge in [-0.2, -0.15) is 5.10 Å². The second kappa shape index (κ2) is 6.91. The van der Waals surface area contributed by atoms with Gasteiger partial charge in [-0.05, 0) is 36.6 Å². The zero-order chi connectivity index (χ0) is 17.1. The number of nitrogens with zero attached hydrogens (tertiary/aromatic N) is 1. The van der Waals surface area contributed by atoms with Gasteiger partial charge in [-0.15, -0.1) is 0 Å². The summed E-state index contributed by atoms with van der Waals surface area (Å²) in [5.41, 5.74) is 3.58. The standard InChI is InChI=1S/C20H19N3O2/c24-20(19-10-5-13-25-19)21-16-8-3-1-6-14(16)11-12-18-15-7-2-4-9-17(15)22-23-18/h1-4,6-9,11-12,19H,5,10,13H2,(H,21,24)(H,22,23). The molecule has 1 saturated heterocycles. The summed E-state index contributed by atoms with van der Waals surface area (Å²) in [6.45, 7) is 0.659. The minimum absolute atomic E-state index is 0.0800. The molecular weight excluding hydrogens is 314 g/mol. The van der Waals surface area contributed by atoms with Gasteiger partial charge in [0.15, 0.2) is 0 Å². The van der Waals surface area contributed by atoms with Gasteiger partial charge in [0.2, 0.25) is 0 Å². The summed E-state index contributed by atoms with van der Waals surface area (Å²) in [7, 11) is 0. The highest BCUT2D eigenvalue weighted by Gasteiger charge is 2.23. The number of rotatable bonds is 4. The lowest BCUT2D eigenvalue weighted by Crippen LogP contribution is -2.27. The van der Waals surface area contributed by atoms with Crippen molar-refractivity contribution in [1.29, 1.82) is 0 Å². The Labute approximate surface area is 145 Å². The number of hydrogen-bond donors (Lipinski definition) is 2. The molecule has 1 aromatic heterocycles. The second-order valence-electron chi connectivity index (χ2n) is 6.07. The molecule has 1 unspecified atom stereocenters. The molecule has 4 rings (SSSR count). The van der Waals surface area contributed by atoms with E-state index in [1.54, 1.807) is 0 Å². The summed E-state index contributed by atoms with van der Waals surface area (Å²) >= 11 is 0. The second-order valence-corrected chi connectivity index (χ2v) is 6.07. The molecule has 1 aliphatic rings. The largest absolute Gasteiger partial charge is 0.368 e. The molecule has 0 radical (unpaired) electrons. The number of anilines is 1. The van der Waals surface area contributed by atoms with E-state index in [0.717, 1.165) is 40.7 Å². The van der Waals surface area contributed by atoms with Crippen molar-refractivity contribution in [2.24, 2.45) is 0 Å². The first-order valence-electron chi connectivity index (χ1n) is 8.44. The van der Waals surface area contributed by atoms with Crippen molar-refractivity contribution in [2.75, 3.05) is 11.9 Å². The van der Waals surface area contributed by atoms with E-state index >= 15 is 0 Å². The van der Waals surface area contributed by atoms with Gasteiger partial charge in [-0.3, -0.25) is 9.89 Å². The van der Waals surface area contributed by atoms with Crippen LogP contribution in [0.25, 0.3) is 23.1 Å². The number of aromatic amines is 1. The normalized spacial score (nSPS) is 17.4. The van der Waals surface area contributed by atoms with Crippen LogP contribution in [0.15, 0.2) is 48.5 Å². The van der Waals surface area contributed by atoms with Crippen LogP contribution in [-0.2, 0) is 9.53 Å². The Morgan fingerprint density at radius 2 is 2.00 bits per heavy atom. The van der Waals surface area contributed by atoms with Crippen molar-refractivity contribution in [3.63, 3.8) is 0 Å². The van der Waals surface area contributed by atoms with Crippen LogP contribution >= 0.6 is 0 Å². The Balaban J connectivity index is 1.57. The zero-order valence-corrected chi connectivity index (χ0v) is 13.7. The summed E-state index contributed by atoms with van der Waals surface area (Å²) in [6.07, 6.45) is 5.30. The van der Waals surface area contributed by atoms with Crippen molar-refractivity contribution in [2.45, 2.75) is 18.9 Å². The van der Waals surface area contributed by atoms with E-state index in [9.17, 15) is 4.79 Å². The number of carbonyl (C=O) groups is 1. The lowest BCUT2D eigenvalue weighted by atomic mass is 10.1. The van der Waals surface area contributed by atoms with Gasteiger partial charge in [-0.1, -0.05) is 42.5 Å². The maximum Gasteiger partial charge on any atom is 0.253 e. The molecular formula is C20H19N3O2. The average Bonchev–Trinajstić information content (AvgIpc) is 3.31. The van der Waals surface area contributed by atoms with E-state index < -0.39 is 0 Å². The first-order valence-corrected chi connectivity index (χ1v) is 8.44. The maximum atomic E-state index is 12.3. The monoisotopic (exact) mass is 333 g/mol. The number of fused-ring (bicyclic) bond motifs is 1. The number of ether oxygens (including phenoxy) is 1. The SMILES string of the molecule is O=C(Nc1ccccc1C=Cc1n[nH]c2ccccc12)C1CCCO1. The topological polar surface area (TPSA) is 67.0 Å². The zero-order valence-electron chi connectivity index (χ0n) is 13.7. The van der Waals surface area contributed by atoms with Crippen LogP contribution in [0.3, 0.4) is 0 Å². The summed E-state index contributed by atoms with van der Waals surface area (Å²) < 4.78 is 5.45. The quantitative estimate of drug-likeness (QED) is 0.762. The highest BCUT2D eigenvalue weighted by atomic mass is 16.5. The lowest BCUT2D eigenvalue weighted by Gasteiger charge is -2.12. The Kier molecular flexibility index (Phi) is 4.31. The molecule has 0 saturated carbocycles. The van der Waals surface area contributed by atoms with E-state index in [1.807, 2.05) is 60.7 Å². The summed E-state index contributed by atoms with van der Waals surface area (Å²) in [5.74, 6) is -0.0800. The molecule has 3 aromatic rings. The highest BCUT2D eigenvalue weighted by molar-refractivity contribution is 5.97. The summed E-state index contributed by atoms with van der Waals surface area (Å²) in [4.78, 5) is 12.3. The van der Waals surface area contributed by atoms with Crippen LogP contribution in [0, 0.1) is 0 Å². The van der Waals surface area contributed by atoms with Gasteiger partial charge in [0, 0.05) is 17.7 Å². The highest BCUT2D eigenvalue weighted by Crippen LogP contribution is 2.22. The number of hydrogen-bond acceptors (Lipinski definition) is 3. The van der Waals surface area contributed by atoms with Crippen molar-refractivity contribution < 1.29 is 9.53 Å². The van der Waals surface area contributed by atoms with E-state index in [0.29, 0.717) is 6.61 Å². The first kappa shape index (κ1) is 15.6. The maximum absolute atomic E-state index is 12.3. The molecule has 1 fully saturated rings. The van der Waals surface area contributed by atoms with Crippen LogP contribution in [-0.4, -0.2) is 28.8 Å². The first-order chi connectivity index (χ1) is 12.3. The van der Waals surface area contributed by atoms with Gasteiger partial charge in [-0.25, -0.2) is 0 Å². The van der Waals surface area contributed by atoms with E-state index in [1.165, 1.54) is 0 Å². The van der Waals surface area contributed by atoms with Crippen LogP contribution in [0.5, 0.6) is 0 Å². The Hall–Kier alpha value is -2.92. The predicted molar refractivity (Wildman–Crippen MR) is 99.1 cm³/mol. The molecule has 2 heterocycles. The molecule has 1 amide bonds. The number of H-pyrrole nitrogens is 1. The molecule has 126 valence electrons. The van der Waals surface area contributed by atoms with Crippen molar-refractivity contribution in [3.8, 4) is 0 Å². The van der Waals surface area contributed by atoms with E-state index in [-0.39, 0.29) is 12.0 Å². The molecule has 0 aliphatic carbocycles. The van der Waals surface area contributed by atoms with Gasteiger partial charge in [0.05, 0.1) is 11.2 Å². The van der Waals surface area contributed by atoms with E-state index in [4.69, 9.17) is 4.74 Å². The number of carbonyl (C=O) groups excluding carboxylic acids is 1. The number of nitrogens with one attached hydrogen (secondary N) is 2. The van der Waals surface area contributed by atoms with Crippen LogP contribution in [0.1, 0.15) is 24.1 Å². The molecule has 1 atom stereocenters. The fraction of sp³-hybridized carbons (Fsp3) is 0.200. The average molecular weight is 333 g/mol. The minimum Gasteiger partial charge on any atom is -0.368 e. The van der Waals surface area contributed by atoms with Crippen LogP contribution in [0.4, 0.5) is 5.69 Å². The van der Waals surface area contributed by atoms with Gasteiger partial charge >= 0.3 is 0 Å². The van der Waals surface area contributed by atoms with E-state index in [2.05, 4.69) is 15.5 Å². The molecule has 25 heavy (non-hydrogen) atoms. The molecule has 5 nitrogen and oxygen atoms in total. The fourth-order valence-electron chi connectivity index (χ4n) is 3.03. The van der Waals surface area contributed by atoms with Crippen molar-refractivity contribution >= 4 is 34.6 Å². The number of aromatic nitrogens is 2. The third-order valence-electron chi connectivity index (χ3n) is 4.36. The van der Waals surface area contributed by atoms with Gasteiger partial charge in [0.25, 0.3) is 5.91 Å². The van der Waals surface area contributed by atoms with Crippen LogP contribution in [0.2, 0.25) is 0 Å². The Bertz CT molecular complexity index is 923. The molecule has 1 aliphatic heterocycles. The van der Waals surface area contributed by atoms with Crippen molar-refractivity contribution in [1.82, 2.24) is 10.2 Å². The third kappa shape index (κ3) is 3.32. The third-order valence-corrected chi connectivity index (χ3v) is 4.36. The smallest absolute Gasteiger partial charge is 0.253 e. The fourth-order valence-corrected chi connectivity index (χ4v) is 3.03. The Morgan fingerprint density at radius 1 is 1.16 bits per heavy atom. The number of benzene rings is 2. The van der Waals surface area contributed by atoms with Gasteiger partial charge in [0.1, 0.15) is 6.10 Å². The Morgan fingerprint density at radius 3 is 2.88 bits per heavy atom. The summed E-state index contributed by atoms with van der Waals surface area (Å²) in [6, 6.07) is 15.7. The molecule has 2 N–H and O–H groups in total. The minimum atomic E-state index is -0.340. The van der Waals surface area contributed by atoms with Crippen LogP contribution < -0.4 is 5.32 Å². The summed E-state index contributed by atoms with van der Waals surface area (Å²) in [5, 5.41) is 11.4. The van der Waals surface area contributed by atoms with Crippen molar-refractivity contribution in [3.05, 3.63) is 59.8 Å². The molecule has 0 bridgehead atoms. The molecule has 0 spiro atoms. The lowest BCUT2D eigenvalue weighted by molar-refractivity contribution is -0.124. The molecule has 2 aromatic carbocycles. The number of para-hydroxylation sites is 2. The number of amides is 1.